The third-order valence-electron chi connectivity index (χ3n) is 9.27. The number of piperidine rings is 1. The molecule has 2 amide bonds. The first-order valence-corrected chi connectivity index (χ1v) is 15.3. The second kappa shape index (κ2) is 12.4. The molecule has 3 aromatic heterocycles. The summed E-state index contributed by atoms with van der Waals surface area (Å²) >= 11 is 0. The molecule has 0 spiro atoms. The number of aromatic nitrogens is 6. The van der Waals surface area contributed by atoms with E-state index in [1.807, 2.05) is 0 Å². The van der Waals surface area contributed by atoms with E-state index in [1.54, 1.807) is 13.1 Å². The lowest BCUT2D eigenvalue weighted by Gasteiger charge is -2.31. The largest absolute Gasteiger partial charge is 0.393 e. The third-order valence-corrected chi connectivity index (χ3v) is 9.27. The van der Waals surface area contributed by atoms with Gasteiger partial charge in [-0.05, 0) is 68.9 Å². The summed E-state index contributed by atoms with van der Waals surface area (Å²) in [4.78, 5) is 35.4. The van der Waals surface area contributed by atoms with Gasteiger partial charge in [0.2, 0.25) is 5.91 Å². The molecule has 6 rings (SSSR count). The number of imidazole rings is 1. The van der Waals surface area contributed by atoms with Crippen molar-refractivity contribution in [3.05, 3.63) is 34.7 Å². The van der Waals surface area contributed by atoms with Gasteiger partial charge >= 0.3 is 6.18 Å². The summed E-state index contributed by atoms with van der Waals surface area (Å²) in [5.41, 5.74) is 2.13. The maximum Gasteiger partial charge on any atom is 0.393 e. The first kappa shape index (κ1) is 30.4. The highest BCUT2D eigenvalue weighted by Crippen LogP contribution is 2.40. The zero-order valence-corrected chi connectivity index (χ0v) is 24.8. The average Bonchev–Trinajstić information content (AvgIpc) is 3.63. The van der Waals surface area contributed by atoms with Gasteiger partial charge in [0.25, 0.3) is 11.7 Å². The van der Waals surface area contributed by atoms with E-state index in [4.69, 9.17) is 24.4 Å². The van der Waals surface area contributed by atoms with Crippen LogP contribution in [0.2, 0.25) is 0 Å². The van der Waals surface area contributed by atoms with Crippen molar-refractivity contribution in [2.45, 2.75) is 83.4 Å². The maximum absolute atomic E-state index is 13.6. The fraction of sp³-hybridized carbons (Fsp3) is 0.690. The van der Waals surface area contributed by atoms with Gasteiger partial charge < -0.3 is 15.4 Å². The Morgan fingerprint density at radius 1 is 1.16 bits per heavy atom. The molecule has 4 atom stereocenters. The molecule has 2 aliphatic heterocycles. The van der Waals surface area contributed by atoms with Crippen molar-refractivity contribution in [2.24, 2.45) is 23.7 Å². The van der Waals surface area contributed by atoms with Crippen LogP contribution in [0.3, 0.4) is 0 Å². The Morgan fingerprint density at radius 2 is 1.93 bits per heavy atom. The van der Waals surface area contributed by atoms with Crippen LogP contribution in [0, 0.1) is 30.6 Å². The zero-order chi connectivity index (χ0) is 31.0. The predicted molar refractivity (Wildman–Crippen MR) is 148 cm³/mol. The Morgan fingerprint density at radius 3 is 2.61 bits per heavy atom. The van der Waals surface area contributed by atoms with Gasteiger partial charge in [0.05, 0.1) is 35.2 Å². The van der Waals surface area contributed by atoms with Crippen molar-refractivity contribution in [3.8, 4) is 0 Å². The topological polar surface area (TPSA) is 149 Å². The van der Waals surface area contributed by atoms with Crippen molar-refractivity contribution in [1.82, 2.24) is 40.5 Å². The van der Waals surface area contributed by atoms with Crippen LogP contribution >= 0.6 is 0 Å². The van der Waals surface area contributed by atoms with Gasteiger partial charge in [-0.1, -0.05) is 12.1 Å². The fourth-order valence-corrected chi connectivity index (χ4v) is 6.34. The predicted octanol–water partition coefficient (Wildman–Crippen LogP) is 3.86. The van der Waals surface area contributed by atoms with Crippen molar-refractivity contribution in [3.63, 3.8) is 0 Å². The van der Waals surface area contributed by atoms with Crippen molar-refractivity contribution >= 4 is 17.6 Å². The molecule has 15 heteroatoms. The van der Waals surface area contributed by atoms with Gasteiger partial charge in [-0.25, -0.2) is 19.1 Å². The minimum atomic E-state index is -4.40. The first-order valence-electron chi connectivity index (χ1n) is 15.3. The van der Waals surface area contributed by atoms with E-state index in [1.165, 1.54) is 17.4 Å². The number of ether oxygens (including phenoxy) is 1. The van der Waals surface area contributed by atoms with E-state index < -0.39 is 42.4 Å². The zero-order valence-electron chi connectivity index (χ0n) is 24.8. The quantitative estimate of drug-likeness (QED) is 0.345. The van der Waals surface area contributed by atoms with Gasteiger partial charge in [-0.2, -0.15) is 18.3 Å². The maximum atomic E-state index is 13.6. The van der Waals surface area contributed by atoms with E-state index in [2.05, 4.69) is 27.9 Å². The summed E-state index contributed by atoms with van der Waals surface area (Å²) < 4.78 is 52.4. The number of halogens is 3. The van der Waals surface area contributed by atoms with Gasteiger partial charge in [-0.3, -0.25) is 9.59 Å². The Hall–Kier alpha value is -3.62. The molecule has 0 bridgehead atoms. The molecule has 12 nitrogen and oxygen atoms in total. The smallest absolute Gasteiger partial charge is 0.381 e. The third kappa shape index (κ3) is 6.71. The lowest BCUT2D eigenvalue weighted by Crippen LogP contribution is -2.47. The highest BCUT2D eigenvalue weighted by atomic mass is 19.4. The highest BCUT2D eigenvalue weighted by Gasteiger charge is 2.45. The van der Waals surface area contributed by atoms with E-state index >= 15 is 0 Å². The molecular formula is C29H37F3N8O4. The molecule has 44 heavy (non-hydrogen) atoms. The lowest BCUT2D eigenvalue weighted by atomic mass is 9.84. The number of nitrogens with one attached hydrogen (secondary N) is 2. The van der Waals surface area contributed by atoms with Crippen LogP contribution in [0.4, 0.5) is 13.2 Å². The Balaban J connectivity index is 1.32. The Bertz CT molecular complexity index is 1500. The molecule has 1 aliphatic carbocycles. The van der Waals surface area contributed by atoms with E-state index in [0.29, 0.717) is 72.9 Å². The van der Waals surface area contributed by atoms with Gasteiger partial charge in [0.1, 0.15) is 5.69 Å². The van der Waals surface area contributed by atoms with E-state index in [-0.39, 0.29) is 24.5 Å². The van der Waals surface area contributed by atoms with E-state index in [9.17, 15) is 22.8 Å². The van der Waals surface area contributed by atoms with E-state index in [0.717, 1.165) is 6.42 Å². The fourth-order valence-electron chi connectivity index (χ4n) is 6.34. The molecule has 5 heterocycles. The Kier molecular flexibility index (Phi) is 8.57. The minimum absolute atomic E-state index is 0.0268. The van der Waals surface area contributed by atoms with Crippen molar-refractivity contribution in [2.75, 3.05) is 19.8 Å². The van der Waals surface area contributed by atoms with Gasteiger partial charge in [0.15, 0.2) is 5.69 Å². The molecule has 0 radical (unpaired) electrons. The first-order chi connectivity index (χ1) is 21.1. The normalized spacial score (nSPS) is 23.0. The van der Waals surface area contributed by atoms with Crippen LogP contribution in [0.25, 0.3) is 5.78 Å². The molecule has 3 fully saturated rings. The van der Waals surface area contributed by atoms with Gasteiger partial charge in [-0.15, -0.1) is 0 Å². The lowest BCUT2D eigenvalue weighted by molar-refractivity contribution is -0.183. The van der Waals surface area contributed by atoms with Gasteiger partial charge in [0, 0.05) is 38.0 Å². The summed E-state index contributed by atoms with van der Waals surface area (Å²) in [7, 11) is 0. The number of carbonyl (C=O) groups excluding carboxylic acids is 2. The molecule has 3 aliphatic rings. The second-order valence-electron chi connectivity index (χ2n) is 12.5. The number of carbonyl (C=O) groups is 2. The monoisotopic (exact) mass is 618 g/mol. The highest BCUT2D eigenvalue weighted by molar-refractivity contribution is 5.93. The van der Waals surface area contributed by atoms with Crippen LogP contribution in [0.15, 0.2) is 10.8 Å². The summed E-state index contributed by atoms with van der Waals surface area (Å²) in [6, 6.07) is -0.477. The van der Waals surface area contributed by atoms with Crippen LogP contribution in [0.5, 0.6) is 0 Å². The summed E-state index contributed by atoms with van der Waals surface area (Å²) in [6.45, 7) is 4.49. The average molecular weight is 619 g/mol. The molecular weight excluding hydrogens is 581 g/mol. The van der Waals surface area contributed by atoms with Crippen LogP contribution in [-0.4, -0.2) is 67.6 Å². The molecule has 0 aromatic carbocycles. The standard InChI is InChI=1S/C29H37F3N8O4/c1-15(17-4-5-17)3-6-21(34-27(42)24-16(2)38-44-39-24)23-14-40-28(35-23)36-25(18-7-9-43-10-8-18)22(37-40)12-19-11-20(29(30,31)32)13-33-26(19)41/h14-15,17-21H,3-13H2,1-2H3,(H,33,41)(H,34,42). The molecule has 3 aromatic rings. The molecule has 2 N–H and O–H groups in total. The number of rotatable bonds is 10. The summed E-state index contributed by atoms with van der Waals surface area (Å²) in [5.74, 6) is -1.88. The molecule has 4 unspecified atom stereocenters. The Labute approximate surface area is 251 Å². The van der Waals surface area contributed by atoms with Crippen LogP contribution in [0.1, 0.15) is 97.1 Å². The molecule has 1 saturated carbocycles. The van der Waals surface area contributed by atoms with Crippen molar-refractivity contribution < 1.29 is 32.1 Å². The van der Waals surface area contributed by atoms with Crippen LogP contribution < -0.4 is 10.6 Å². The molecule has 238 valence electrons. The number of alkyl halides is 3. The van der Waals surface area contributed by atoms with Crippen LogP contribution in [-0.2, 0) is 16.0 Å². The molecule has 2 saturated heterocycles. The number of fused-ring (bicyclic) bond motifs is 1. The number of nitrogens with zero attached hydrogens (tertiary/aromatic N) is 6. The number of hydrogen-bond acceptors (Lipinski definition) is 9. The summed E-state index contributed by atoms with van der Waals surface area (Å²) in [5, 5.41) is 17.7. The number of aryl methyl sites for hydroxylation is 1. The summed E-state index contributed by atoms with van der Waals surface area (Å²) in [6.07, 6.45) is 2.29. The minimum Gasteiger partial charge on any atom is -0.381 e. The van der Waals surface area contributed by atoms with Crippen molar-refractivity contribution in [1.29, 1.82) is 0 Å². The number of amides is 2. The number of hydrogen-bond donors (Lipinski definition) is 2. The second-order valence-corrected chi connectivity index (χ2v) is 12.5. The SMILES string of the molecule is Cc1nonc1C(=O)NC(CCC(C)C1CC1)c1cn2nc(CC3CC(C(F)(F)F)CNC3=O)c(C3CCOCC3)nc2n1.